The van der Waals surface area contributed by atoms with E-state index in [1.807, 2.05) is 0 Å². The molecule has 2 rings (SSSR count). The van der Waals surface area contributed by atoms with Gasteiger partial charge < -0.3 is 9.47 Å². The first-order chi connectivity index (χ1) is 8.78. The van der Waals surface area contributed by atoms with Crippen LogP contribution in [0.4, 0.5) is 5.95 Å². The minimum absolute atomic E-state index is 0.0260. The zero-order chi connectivity index (χ0) is 12.8. The molecular weight excluding hydrogens is 236 g/mol. The molecule has 1 amide bonds. The number of methoxy groups -OCH3 is 1. The zero-order valence-electron chi connectivity index (χ0n) is 10.2. The van der Waals surface area contributed by atoms with Gasteiger partial charge in [0.25, 0.3) is 0 Å². The Morgan fingerprint density at radius 1 is 1.67 bits per heavy atom. The van der Waals surface area contributed by atoms with Crippen molar-refractivity contribution in [2.45, 2.75) is 25.4 Å². The van der Waals surface area contributed by atoms with Gasteiger partial charge in [0, 0.05) is 18.9 Å². The van der Waals surface area contributed by atoms with Gasteiger partial charge in [0.15, 0.2) is 0 Å². The molecule has 0 bridgehead atoms. The van der Waals surface area contributed by atoms with Crippen LogP contribution < -0.4 is 15.6 Å². The molecule has 2 N–H and O–H groups in total. The van der Waals surface area contributed by atoms with Crippen molar-refractivity contribution in [3.05, 3.63) is 12.3 Å². The second-order valence-electron chi connectivity index (χ2n) is 3.93. The van der Waals surface area contributed by atoms with Gasteiger partial charge in [-0.3, -0.25) is 15.6 Å². The first kappa shape index (κ1) is 12.6. The molecule has 0 saturated carbocycles. The largest absolute Gasteiger partial charge is 0.481 e. The molecule has 1 saturated heterocycles. The highest BCUT2D eigenvalue weighted by atomic mass is 16.5. The summed E-state index contributed by atoms with van der Waals surface area (Å²) in [5.41, 5.74) is 5.16. The fraction of sp³-hybridized carbons (Fsp3) is 0.545. The molecule has 1 aromatic rings. The highest BCUT2D eigenvalue weighted by molar-refractivity contribution is 5.77. The Hall–Kier alpha value is -1.89. The molecule has 18 heavy (non-hydrogen) atoms. The van der Waals surface area contributed by atoms with E-state index in [-0.39, 0.29) is 18.0 Å². The van der Waals surface area contributed by atoms with Crippen molar-refractivity contribution in [1.82, 2.24) is 15.4 Å². The van der Waals surface area contributed by atoms with Crippen LogP contribution >= 0.6 is 0 Å². The molecule has 1 fully saturated rings. The van der Waals surface area contributed by atoms with Crippen molar-refractivity contribution in [1.29, 1.82) is 0 Å². The summed E-state index contributed by atoms with van der Waals surface area (Å²) in [6.07, 6.45) is 3.86. The van der Waals surface area contributed by atoms with Gasteiger partial charge in [-0.1, -0.05) is 0 Å². The lowest BCUT2D eigenvalue weighted by molar-refractivity contribution is -0.122. The van der Waals surface area contributed by atoms with Crippen molar-refractivity contribution in [2.75, 3.05) is 19.1 Å². The number of hydrazine groups is 1. The van der Waals surface area contributed by atoms with Crippen LogP contribution in [-0.4, -0.2) is 35.7 Å². The summed E-state index contributed by atoms with van der Waals surface area (Å²) >= 11 is 0. The molecule has 0 unspecified atom stereocenters. The number of aromatic nitrogens is 2. The summed E-state index contributed by atoms with van der Waals surface area (Å²) in [6.45, 7) is 0.740. The maximum Gasteiger partial charge on any atom is 0.245 e. The highest BCUT2D eigenvalue weighted by Crippen LogP contribution is 2.14. The molecule has 1 atom stereocenters. The number of rotatable bonds is 5. The van der Waals surface area contributed by atoms with Crippen LogP contribution in [0.15, 0.2) is 12.3 Å². The second-order valence-corrected chi connectivity index (χ2v) is 3.93. The summed E-state index contributed by atoms with van der Waals surface area (Å²) in [4.78, 5) is 19.5. The Morgan fingerprint density at radius 2 is 2.56 bits per heavy atom. The summed E-state index contributed by atoms with van der Waals surface area (Å²) in [6, 6.07) is 1.62. The van der Waals surface area contributed by atoms with Crippen molar-refractivity contribution < 1.29 is 14.3 Å². The van der Waals surface area contributed by atoms with Crippen LogP contribution in [0.25, 0.3) is 0 Å². The Kier molecular flexibility index (Phi) is 4.30. The predicted octanol–water partition coefficient (Wildman–Crippen LogP) is 0.497. The fourth-order valence-corrected chi connectivity index (χ4v) is 1.70. The van der Waals surface area contributed by atoms with E-state index in [2.05, 4.69) is 20.8 Å². The first-order valence-corrected chi connectivity index (χ1v) is 5.81. The molecule has 1 aliphatic heterocycles. The summed E-state index contributed by atoms with van der Waals surface area (Å²) in [5, 5.41) is 0. The van der Waals surface area contributed by atoms with Crippen LogP contribution in [0, 0.1) is 0 Å². The van der Waals surface area contributed by atoms with E-state index < -0.39 is 0 Å². The number of nitrogens with one attached hydrogen (secondary N) is 2. The molecular formula is C11H16N4O3. The standard InChI is InChI=1S/C11H16N4O3/c1-17-10-4-5-12-11(13-10)15-14-9(16)7-8-3-2-6-18-8/h4-5,8H,2-3,6-7H2,1H3,(H,14,16)(H,12,13,15)/t8-/m0/s1. The lowest BCUT2D eigenvalue weighted by atomic mass is 10.2. The molecule has 0 aromatic carbocycles. The number of carbonyl (C=O) groups excluding carboxylic acids is 1. The van der Waals surface area contributed by atoms with Crippen LogP contribution in [0.2, 0.25) is 0 Å². The fourth-order valence-electron chi connectivity index (χ4n) is 1.70. The monoisotopic (exact) mass is 252 g/mol. The molecule has 1 aromatic heterocycles. The lowest BCUT2D eigenvalue weighted by Gasteiger charge is -2.10. The van der Waals surface area contributed by atoms with Gasteiger partial charge in [-0.2, -0.15) is 4.98 Å². The van der Waals surface area contributed by atoms with Crippen LogP contribution in [-0.2, 0) is 9.53 Å². The van der Waals surface area contributed by atoms with Gasteiger partial charge in [0.1, 0.15) is 0 Å². The van der Waals surface area contributed by atoms with E-state index in [0.717, 1.165) is 19.4 Å². The van der Waals surface area contributed by atoms with Gasteiger partial charge in [0.05, 0.1) is 19.6 Å². The average Bonchev–Trinajstić information content (AvgIpc) is 2.89. The Balaban J connectivity index is 1.77. The number of nitrogens with zero attached hydrogens (tertiary/aromatic N) is 2. The Labute approximate surface area is 105 Å². The topological polar surface area (TPSA) is 85.4 Å². The predicted molar refractivity (Wildman–Crippen MR) is 63.9 cm³/mol. The van der Waals surface area contributed by atoms with Crippen LogP contribution in [0.3, 0.4) is 0 Å². The van der Waals surface area contributed by atoms with Gasteiger partial charge in [-0.25, -0.2) is 4.98 Å². The maximum atomic E-state index is 11.6. The molecule has 0 aliphatic carbocycles. The van der Waals surface area contributed by atoms with Gasteiger partial charge in [-0.15, -0.1) is 0 Å². The molecule has 98 valence electrons. The van der Waals surface area contributed by atoms with Crippen LogP contribution in [0.1, 0.15) is 19.3 Å². The molecule has 7 heteroatoms. The lowest BCUT2D eigenvalue weighted by Crippen LogP contribution is -2.32. The van der Waals surface area contributed by atoms with Gasteiger partial charge >= 0.3 is 0 Å². The normalized spacial score (nSPS) is 18.4. The van der Waals surface area contributed by atoms with Crippen molar-refractivity contribution in [2.24, 2.45) is 0 Å². The summed E-state index contributed by atoms with van der Waals surface area (Å²) in [7, 11) is 1.52. The van der Waals surface area contributed by atoms with E-state index >= 15 is 0 Å². The summed E-state index contributed by atoms with van der Waals surface area (Å²) in [5.74, 6) is 0.573. The summed E-state index contributed by atoms with van der Waals surface area (Å²) < 4.78 is 10.3. The van der Waals surface area contributed by atoms with Crippen molar-refractivity contribution in [3.63, 3.8) is 0 Å². The first-order valence-electron chi connectivity index (χ1n) is 5.81. The third-order valence-electron chi connectivity index (χ3n) is 2.59. The van der Waals surface area contributed by atoms with Gasteiger partial charge in [-0.05, 0) is 12.8 Å². The second kappa shape index (κ2) is 6.15. The molecule has 7 nitrogen and oxygen atoms in total. The number of hydrogen-bond acceptors (Lipinski definition) is 6. The number of anilines is 1. The van der Waals surface area contributed by atoms with Crippen LogP contribution in [0.5, 0.6) is 5.88 Å². The van der Waals surface area contributed by atoms with E-state index in [1.54, 1.807) is 12.3 Å². The highest BCUT2D eigenvalue weighted by Gasteiger charge is 2.18. The van der Waals surface area contributed by atoms with E-state index in [1.165, 1.54) is 7.11 Å². The van der Waals surface area contributed by atoms with E-state index in [9.17, 15) is 4.79 Å². The van der Waals surface area contributed by atoms with Gasteiger partial charge in [0.2, 0.25) is 17.7 Å². The van der Waals surface area contributed by atoms with Crippen molar-refractivity contribution in [3.8, 4) is 5.88 Å². The molecule has 1 aliphatic rings. The minimum atomic E-state index is -0.145. The number of ether oxygens (including phenoxy) is 2. The zero-order valence-corrected chi connectivity index (χ0v) is 10.2. The number of carbonyl (C=O) groups is 1. The SMILES string of the molecule is COc1ccnc(NNC(=O)C[C@@H]2CCCO2)n1. The van der Waals surface area contributed by atoms with Crippen molar-refractivity contribution >= 4 is 11.9 Å². The van der Waals surface area contributed by atoms with E-state index in [0.29, 0.717) is 12.3 Å². The molecule has 0 spiro atoms. The molecule has 2 heterocycles. The minimum Gasteiger partial charge on any atom is -0.481 e. The number of hydrogen-bond donors (Lipinski definition) is 2. The average molecular weight is 252 g/mol. The third-order valence-corrected chi connectivity index (χ3v) is 2.59. The smallest absolute Gasteiger partial charge is 0.245 e. The van der Waals surface area contributed by atoms with E-state index in [4.69, 9.17) is 9.47 Å². The third kappa shape index (κ3) is 3.56. The maximum absolute atomic E-state index is 11.6. The Bertz CT molecular complexity index is 407. The number of amides is 1. The Morgan fingerprint density at radius 3 is 3.28 bits per heavy atom. The molecule has 0 radical (unpaired) electrons. The quantitative estimate of drug-likeness (QED) is 0.742.